The van der Waals surface area contributed by atoms with Gasteiger partial charge in [0, 0.05) is 12.1 Å². The number of amides is 1. The fourth-order valence-electron chi connectivity index (χ4n) is 1.83. The molecule has 1 atom stereocenters. The van der Waals surface area contributed by atoms with E-state index in [4.69, 9.17) is 11.6 Å². The zero-order valence-corrected chi connectivity index (χ0v) is 11.5. The van der Waals surface area contributed by atoms with Gasteiger partial charge in [0.1, 0.15) is 0 Å². The van der Waals surface area contributed by atoms with Gasteiger partial charge in [-0.2, -0.15) is 0 Å². The molecule has 0 radical (unpaired) electrons. The van der Waals surface area contributed by atoms with Crippen LogP contribution in [0.1, 0.15) is 41.3 Å². The molecule has 1 rings (SSSR count). The molecule has 0 aromatic heterocycles. The molecule has 1 aromatic rings. The van der Waals surface area contributed by atoms with Crippen LogP contribution in [0.4, 0.5) is 0 Å². The van der Waals surface area contributed by atoms with Gasteiger partial charge in [-0.3, -0.25) is 4.79 Å². The molecule has 0 fully saturated rings. The molecule has 0 aliphatic rings. The van der Waals surface area contributed by atoms with Crippen molar-refractivity contribution in [2.45, 2.75) is 39.0 Å². The van der Waals surface area contributed by atoms with Crippen LogP contribution in [0.5, 0.6) is 0 Å². The Labute approximate surface area is 108 Å². The van der Waals surface area contributed by atoms with Crippen molar-refractivity contribution in [2.24, 2.45) is 0 Å². The number of alkyl halides is 1. The van der Waals surface area contributed by atoms with Crippen LogP contribution in [0.2, 0.25) is 0 Å². The summed E-state index contributed by atoms with van der Waals surface area (Å²) in [6.45, 7) is 6.60. The number of benzene rings is 1. The smallest absolute Gasteiger partial charge is 0.251 e. The summed E-state index contributed by atoms with van der Waals surface area (Å²) in [5.74, 6) is -0.0430. The molecule has 17 heavy (non-hydrogen) atoms. The van der Waals surface area contributed by atoms with Gasteiger partial charge in [0.05, 0.1) is 5.38 Å². The van der Waals surface area contributed by atoms with Crippen molar-refractivity contribution in [1.29, 1.82) is 0 Å². The van der Waals surface area contributed by atoms with Crippen LogP contribution in [0.15, 0.2) is 18.2 Å². The molecule has 0 aliphatic heterocycles. The largest absolute Gasteiger partial charge is 0.351 e. The van der Waals surface area contributed by atoms with Crippen LogP contribution in [0.25, 0.3) is 0 Å². The number of rotatable bonds is 5. The fraction of sp³-hybridized carbons (Fsp3) is 0.500. The summed E-state index contributed by atoms with van der Waals surface area (Å²) >= 11 is 6.06. The number of hydrogen-bond acceptors (Lipinski definition) is 1. The Hall–Kier alpha value is -1.02. The van der Waals surface area contributed by atoms with E-state index in [0.717, 1.165) is 24.0 Å². The van der Waals surface area contributed by atoms with E-state index in [1.54, 1.807) is 0 Å². The van der Waals surface area contributed by atoms with Gasteiger partial charge in [-0.1, -0.05) is 30.5 Å². The van der Waals surface area contributed by atoms with Crippen LogP contribution < -0.4 is 5.32 Å². The standard InChI is InChI=1S/C14H20ClNO/c1-4-5-13(15)9-16-14(17)12-7-10(2)6-11(3)8-12/h6-8,13H,4-5,9H2,1-3H3,(H,16,17). The molecule has 2 nitrogen and oxygen atoms in total. The van der Waals surface area contributed by atoms with E-state index in [9.17, 15) is 4.79 Å². The van der Waals surface area contributed by atoms with Crippen molar-refractivity contribution in [2.75, 3.05) is 6.54 Å². The van der Waals surface area contributed by atoms with E-state index in [-0.39, 0.29) is 11.3 Å². The van der Waals surface area contributed by atoms with E-state index < -0.39 is 0 Å². The molecule has 1 N–H and O–H groups in total. The third-order valence-electron chi connectivity index (χ3n) is 2.57. The summed E-state index contributed by atoms with van der Waals surface area (Å²) in [7, 11) is 0. The Kier molecular flexibility index (Phi) is 5.49. The van der Waals surface area contributed by atoms with Crippen molar-refractivity contribution in [3.63, 3.8) is 0 Å². The lowest BCUT2D eigenvalue weighted by Crippen LogP contribution is -2.29. The maximum absolute atomic E-state index is 11.9. The molecule has 0 bridgehead atoms. The SMILES string of the molecule is CCCC(Cl)CNC(=O)c1cc(C)cc(C)c1. The molecule has 0 aliphatic carbocycles. The van der Waals surface area contributed by atoms with E-state index in [1.807, 2.05) is 26.0 Å². The van der Waals surface area contributed by atoms with Gasteiger partial charge in [0.2, 0.25) is 0 Å². The minimum atomic E-state index is -0.0430. The number of aryl methyl sites for hydroxylation is 2. The van der Waals surface area contributed by atoms with Crippen molar-refractivity contribution in [1.82, 2.24) is 5.32 Å². The van der Waals surface area contributed by atoms with Crippen molar-refractivity contribution < 1.29 is 4.79 Å². The van der Waals surface area contributed by atoms with E-state index in [1.165, 1.54) is 0 Å². The monoisotopic (exact) mass is 253 g/mol. The number of halogens is 1. The lowest BCUT2D eigenvalue weighted by atomic mass is 10.1. The van der Waals surface area contributed by atoms with E-state index in [2.05, 4.69) is 18.3 Å². The number of carbonyl (C=O) groups excluding carboxylic acids is 1. The van der Waals surface area contributed by atoms with Crippen LogP contribution in [0.3, 0.4) is 0 Å². The van der Waals surface area contributed by atoms with Crippen LogP contribution >= 0.6 is 11.6 Å². The zero-order valence-electron chi connectivity index (χ0n) is 10.7. The van der Waals surface area contributed by atoms with Gasteiger partial charge < -0.3 is 5.32 Å². The minimum absolute atomic E-state index is 0.0230. The Morgan fingerprint density at radius 3 is 2.41 bits per heavy atom. The molecule has 0 saturated heterocycles. The molecule has 1 aromatic carbocycles. The predicted octanol–water partition coefficient (Wildman–Crippen LogP) is 3.44. The Morgan fingerprint density at radius 1 is 1.29 bits per heavy atom. The second-order valence-corrected chi connectivity index (χ2v) is 5.09. The van der Waals surface area contributed by atoms with Crippen LogP contribution in [-0.4, -0.2) is 17.8 Å². The van der Waals surface area contributed by atoms with Gasteiger partial charge in [-0.25, -0.2) is 0 Å². The van der Waals surface area contributed by atoms with Crippen molar-refractivity contribution in [3.05, 3.63) is 34.9 Å². The molecule has 0 spiro atoms. The van der Waals surface area contributed by atoms with Crippen molar-refractivity contribution >= 4 is 17.5 Å². The minimum Gasteiger partial charge on any atom is -0.351 e. The summed E-state index contributed by atoms with van der Waals surface area (Å²) in [5, 5.41) is 2.89. The highest BCUT2D eigenvalue weighted by Crippen LogP contribution is 2.09. The predicted molar refractivity (Wildman–Crippen MR) is 72.8 cm³/mol. The molecule has 94 valence electrons. The van der Waals surface area contributed by atoms with Gasteiger partial charge in [0.15, 0.2) is 0 Å². The Balaban J connectivity index is 2.58. The summed E-state index contributed by atoms with van der Waals surface area (Å²) in [4.78, 5) is 11.9. The number of nitrogens with one attached hydrogen (secondary N) is 1. The second kappa shape index (κ2) is 6.65. The molecule has 0 heterocycles. The number of hydrogen-bond donors (Lipinski definition) is 1. The zero-order chi connectivity index (χ0) is 12.8. The first-order chi connectivity index (χ1) is 8.02. The Bertz CT molecular complexity index is 370. The Morgan fingerprint density at radius 2 is 1.88 bits per heavy atom. The van der Waals surface area contributed by atoms with E-state index >= 15 is 0 Å². The molecular weight excluding hydrogens is 234 g/mol. The topological polar surface area (TPSA) is 29.1 Å². The summed E-state index contributed by atoms with van der Waals surface area (Å²) in [6, 6.07) is 5.84. The van der Waals surface area contributed by atoms with Gasteiger partial charge in [0.25, 0.3) is 5.91 Å². The molecule has 1 unspecified atom stereocenters. The lowest BCUT2D eigenvalue weighted by molar-refractivity contribution is 0.0953. The first-order valence-corrected chi connectivity index (χ1v) is 6.47. The normalized spacial score (nSPS) is 12.2. The first kappa shape index (κ1) is 14.0. The first-order valence-electron chi connectivity index (χ1n) is 6.03. The average Bonchev–Trinajstić information content (AvgIpc) is 2.25. The average molecular weight is 254 g/mol. The quantitative estimate of drug-likeness (QED) is 0.801. The summed E-state index contributed by atoms with van der Waals surface area (Å²) in [5.41, 5.74) is 2.92. The molecular formula is C14H20ClNO. The number of carbonyl (C=O) groups is 1. The molecule has 0 saturated carbocycles. The third-order valence-corrected chi connectivity index (χ3v) is 2.94. The third kappa shape index (κ3) is 4.78. The van der Waals surface area contributed by atoms with Gasteiger partial charge in [-0.15, -0.1) is 11.6 Å². The van der Waals surface area contributed by atoms with Gasteiger partial charge >= 0.3 is 0 Å². The molecule has 1 amide bonds. The maximum Gasteiger partial charge on any atom is 0.251 e. The molecule has 3 heteroatoms. The maximum atomic E-state index is 11.9. The summed E-state index contributed by atoms with van der Waals surface area (Å²) < 4.78 is 0. The van der Waals surface area contributed by atoms with Crippen LogP contribution in [-0.2, 0) is 0 Å². The second-order valence-electron chi connectivity index (χ2n) is 4.47. The van der Waals surface area contributed by atoms with Crippen LogP contribution in [0, 0.1) is 13.8 Å². The highest BCUT2D eigenvalue weighted by Gasteiger charge is 2.09. The highest BCUT2D eigenvalue weighted by atomic mass is 35.5. The fourth-order valence-corrected chi connectivity index (χ4v) is 2.12. The van der Waals surface area contributed by atoms with E-state index in [0.29, 0.717) is 12.1 Å². The summed E-state index contributed by atoms with van der Waals surface area (Å²) in [6.07, 6.45) is 1.96. The van der Waals surface area contributed by atoms with Crippen molar-refractivity contribution in [3.8, 4) is 0 Å². The highest BCUT2D eigenvalue weighted by molar-refractivity contribution is 6.20. The lowest BCUT2D eigenvalue weighted by Gasteiger charge is -2.10. The van der Waals surface area contributed by atoms with Gasteiger partial charge in [-0.05, 0) is 32.4 Å².